The first kappa shape index (κ1) is 18.6. The number of aromatic nitrogens is 1. The van der Waals surface area contributed by atoms with Gasteiger partial charge in [0.05, 0.1) is 0 Å². The summed E-state index contributed by atoms with van der Waals surface area (Å²) in [5, 5.41) is 0. The van der Waals surface area contributed by atoms with Crippen LogP contribution in [-0.2, 0) is 11.2 Å². The van der Waals surface area contributed by atoms with Crippen molar-refractivity contribution in [1.82, 2.24) is 19.7 Å². The molecule has 1 aliphatic rings. The van der Waals surface area contributed by atoms with Gasteiger partial charge >= 0.3 is 0 Å². The summed E-state index contributed by atoms with van der Waals surface area (Å²) < 4.78 is 0. The highest BCUT2D eigenvalue weighted by molar-refractivity contribution is 5.87. The smallest absolute Gasteiger partial charge is 0.246 e. The largest absolute Gasteiger partial charge is 0.339 e. The Kier molecular flexibility index (Phi) is 7.40. The molecule has 0 spiro atoms. The summed E-state index contributed by atoms with van der Waals surface area (Å²) in [6, 6.07) is 6.43. The van der Waals surface area contributed by atoms with Crippen LogP contribution in [0.25, 0.3) is 0 Å². The molecule has 0 atom stereocenters. The average Bonchev–Trinajstić information content (AvgIpc) is 2.60. The standard InChI is InChI=1S/C19H30N4O/c1-21(2)13-6-8-19(24)22(3)18-10-15-23(16-11-18)14-9-17-7-4-5-12-20-17/h4-8,12,18H,9-11,13-16H2,1-3H3/b8-6+. The van der Waals surface area contributed by atoms with Crippen molar-refractivity contribution in [2.75, 3.05) is 47.3 Å². The van der Waals surface area contributed by atoms with Crippen LogP contribution in [0.1, 0.15) is 18.5 Å². The van der Waals surface area contributed by atoms with E-state index in [0.717, 1.165) is 51.1 Å². The molecule has 0 N–H and O–H groups in total. The van der Waals surface area contributed by atoms with Gasteiger partial charge in [0.1, 0.15) is 0 Å². The second-order valence-electron chi connectivity index (χ2n) is 6.76. The van der Waals surface area contributed by atoms with Crippen molar-refractivity contribution in [2.24, 2.45) is 0 Å². The monoisotopic (exact) mass is 330 g/mol. The predicted octanol–water partition coefficient (Wildman–Crippen LogP) is 1.66. The minimum Gasteiger partial charge on any atom is -0.339 e. The van der Waals surface area contributed by atoms with Crippen molar-refractivity contribution < 1.29 is 4.79 Å². The molecular weight excluding hydrogens is 300 g/mol. The number of piperidine rings is 1. The fraction of sp³-hybridized carbons (Fsp3) is 0.579. The number of hydrogen-bond acceptors (Lipinski definition) is 4. The van der Waals surface area contributed by atoms with Crippen LogP contribution in [0.5, 0.6) is 0 Å². The quantitative estimate of drug-likeness (QED) is 0.713. The molecule has 24 heavy (non-hydrogen) atoms. The van der Waals surface area contributed by atoms with Gasteiger partial charge in [0.25, 0.3) is 0 Å². The van der Waals surface area contributed by atoms with Gasteiger partial charge in [-0.1, -0.05) is 12.1 Å². The molecule has 2 heterocycles. The van der Waals surface area contributed by atoms with E-state index in [1.165, 1.54) is 0 Å². The Balaban J connectivity index is 1.71. The van der Waals surface area contributed by atoms with Crippen molar-refractivity contribution in [2.45, 2.75) is 25.3 Å². The van der Waals surface area contributed by atoms with E-state index in [9.17, 15) is 4.79 Å². The lowest BCUT2D eigenvalue weighted by Crippen LogP contribution is -2.45. The number of likely N-dealkylation sites (tertiary alicyclic amines) is 1. The molecule has 0 saturated carbocycles. The van der Waals surface area contributed by atoms with Crippen molar-refractivity contribution >= 4 is 5.91 Å². The number of likely N-dealkylation sites (N-methyl/N-ethyl adjacent to an activating group) is 2. The maximum Gasteiger partial charge on any atom is 0.246 e. The van der Waals surface area contributed by atoms with Crippen molar-refractivity contribution in [3.8, 4) is 0 Å². The van der Waals surface area contributed by atoms with E-state index in [4.69, 9.17) is 0 Å². The fourth-order valence-corrected chi connectivity index (χ4v) is 3.01. The zero-order valence-corrected chi connectivity index (χ0v) is 15.2. The molecular formula is C19H30N4O. The lowest BCUT2D eigenvalue weighted by atomic mass is 10.0. The lowest BCUT2D eigenvalue weighted by Gasteiger charge is -2.36. The van der Waals surface area contributed by atoms with Gasteiger partial charge in [-0.25, -0.2) is 0 Å². The zero-order valence-electron chi connectivity index (χ0n) is 15.2. The summed E-state index contributed by atoms with van der Waals surface area (Å²) in [5.74, 6) is 0.115. The van der Waals surface area contributed by atoms with Gasteiger partial charge in [-0.2, -0.15) is 0 Å². The Morgan fingerprint density at radius 1 is 1.29 bits per heavy atom. The Morgan fingerprint density at radius 2 is 2.04 bits per heavy atom. The van der Waals surface area contributed by atoms with Crippen LogP contribution in [0.2, 0.25) is 0 Å². The van der Waals surface area contributed by atoms with Crippen LogP contribution in [0.15, 0.2) is 36.5 Å². The number of hydrogen-bond donors (Lipinski definition) is 0. The summed E-state index contributed by atoms with van der Waals surface area (Å²) in [6.45, 7) is 3.95. The maximum absolute atomic E-state index is 12.2. The molecule has 0 radical (unpaired) electrons. The summed E-state index contributed by atoms with van der Waals surface area (Å²) in [5.41, 5.74) is 1.15. The Hall–Kier alpha value is -1.72. The number of pyridine rings is 1. The number of carbonyl (C=O) groups is 1. The van der Waals surface area contributed by atoms with Crippen LogP contribution in [-0.4, -0.2) is 79.0 Å². The highest BCUT2D eigenvalue weighted by Gasteiger charge is 2.24. The van der Waals surface area contributed by atoms with Gasteiger partial charge in [0.2, 0.25) is 5.91 Å². The Morgan fingerprint density at radius 3 is 2.67 bits per heavy atom. The predicted molar refractivity (Wildman–Crippen MR) is 97.9 cm³/mol. The number of amides is 1. The van der Waals surface area contributed by atoms with E-state index in [-0.39, 0.29) is 5.91 Å². The fourth-order valence-electron chi connectivity index (χ4n) is 3.01. The number of nitrogens with zero attached hydrogens (tertiary/aromatic N) is 4. The molecule has 2 rings (SSSR count). The minimum absolute atomic E-state index is 0.115. The molecule has 0 aromatic carbocycles. The molecule has 0 bridgehead atoms. The topological polar surface area (TPSA) is 39.7 Å². The second kappa shape index (κ2) is 9.55. The second-order valence-corrected chi connectivity index (χ2v) is 6.76. The van der Waals surface area contributed by atoms with Gasteiger partial charge in [0.15, 0.2) is 0 Å². The van der Waals surface area contributed by atoms with Gasteiger partial charge in [-0.3, -0.25) is 9.78 Å². The van der Waals surface area contributed by atoms with Crippen LogP contribution in [0, 0.1) is 0 Å². The van der Waals surface area contributed by atoms with Crippen molar-refractivity contribution in [3.63, 3.8) is 0 Å². The van der Waals surface area contributed by atoms with Crippen LogP contribution in [0.4, 0.5) is 0 Å². The SMILES string of the molecule is CN(C)C/C=C/C(=O)N(C)C1CCN(CCc2ccccn2)CC1. The molecule has 1 amide bonds. The first-order valence-electron chi connectivity index (χ1n) is 8.76. The summed E-state index contributed by atoms with van der Waals surface area (Å²) in [7, 11) is 5.93. The number of rotatable bonds is 7. The van der Waals surface area contributed by atoms with E-state index in [1.54, 1.807) is 6.08 Å². The molecule has 1 saturated heterocycles. The van der Waals surface area contributed by atoms with Crippen LogP contribution in [0.3, 0.4) is 0 Å². The van der Waals surface area contributed by atoms with Gasteiger partial charge in [-0.15, -0.1) is 0 Å². The molecule has 1 aliphatic heterocycles. The van der Waals surface area contributed by atoms with E-state index in [2.05, 4.69) is 16.0 Å². The average molecular weight is 330 g/mol. The molecule has 0 aliphatic carbocycles. The highest BCUT2D eigenvalue weighted by Crippen LogP contribution is 2.16. The first-order chi connectivity index (χ1) is 11.6. The third-order valence-electron chi connectivity index (χ3n) is 4.59. The molecule has 0 unspecified atom stereocenters. The molecule has 5 heteroatoms. The van der Waals surface area contributed by atoms with Crippen LogP contribution >= 0.6 is 0 Å². The van der Waals surface area contributed by atoms with Crippen LogP contribution < -0.4 is 0 Å². The number of carbonyl (C=O) groups excluding carboxylic acids is 1. The minimum atomic E-state index is 0.115. The zero-order chi connectivity index (χ0) is 17.4. The van der Waals surface area contributed by atoms with E-state index in [0.29, 0.717) is 6.04 Å². The molecule has 1 aromatic heterocycles. The maximum atomic E-state index is 12.2. The Labute approximate surface area is 146 Å². The summed E-state index contributed by atoms with van der Waals surface area (Å²) >= 11 is 0. The lowest BCUT2D eigenvalue weighted by molar-refractivity contribution is -0.127. The van der Waals surface area contributed by atoms with E-state index >= 15 is 0 Å². The molecule has 1 aromatic rings. The summed E-state index contributed by atoms with van der Waals surface area (Å²) in [4.78, 5) is 23.0. The van der Waals surface area contributed by atoms with Crippen molar-refractivity contribution in [1.29, 1.82) is 0 Å². The highest BCUT2D eigenvalue weighted by atomic mass is 16.2. The third-order valence-corrected chi connectivity index (χ3v) is 4.59. The molecule has 5 nitrogen and oxygen atoms in total. The Bertz CT molecular complexity index is 521. The van der Waals surface area contributed by atoms with Crippen molar-refractivity contribution in [3.05, 3.63) is 42.2 Å². The van der Waals surface area contributed by atoms with Gasteiger partial charge < -0.3 is 14.7 Å². The first-order valence-corrected chi connectivity index (χ1v) is 8.76. The molecule has 132 valence electrons. The van der Waals surface area contributed by atoms with E-state index in [1.807, 2.05) is 55.3 Å². The normalized spacial score (nSPS) is 16.8. The van der Waals surface area contributed by atoms with Gasteiger partial charge in [-0.05, 0) is 39.1 Å². The van der Waals surface area contributed by atoms with Gasteiger partial charge in [0, 0.05) is 63.7 Å². The molecule has 1 fully saturated rings. The van der Waals surface area contributed by atoms with E-state index < -0.39 is 0 Å². The third kappa shape index (κ3) is 6.06. The summed E-state index contributed by atoms with van der Waals surface area (Å²) in [6.07, 6.45) is 8.58.